The largest absolute Gasteiger partial charge is 0.313 e. The van der Waals surface area contributed by atoms with E-state index in [2.05, 4.69) is 73.9 Å². The summed E-state index contributed by atoms with van der Waals surface area (Å²) >= 11 is 1.90. The van der Waals surface area contributed by atoms with Crippen molar-refractivity contribution < 1.29 is 0 Å². The van der Waals surface area contributed by atoms with Crippen molar-refractivity contribution in [2.75, 3.05) is 12.8 Å². The lowest BCUT2D eigenvalue weighted by Crippen LogP contribution is -2.19. The van der Waals surface area contributed by atoms with Crippen molar-refractivity contribution in [2.45, 2.75) is 30.2 Å². The summed E-state index contributed by atoms with van der Waals surface area (Å²) in [5.74, 6) is 2.57. The van der Waals surface area contributed by atoms with Gasteiger partial charge >= 0.3 is 0 Å². The second kappa shape index (κ2) is 6.67. The van der Waals surface area contributed by atoms with E-state index in [1.54, 1.807) is 0 Å². The molecule has 0 aliphatic heterocycles. The second-order valence-electron chi connectivity index (χ2n) is 5.69. The average Bonchev–Trinajstić information content (AvgIpc) is 3.31. The van der Waals surface area contributed by atoms with E-state index in [1.807, 2.05) is 11.8 Å². The van der Waals surface area contributed by atoms with Gasteiger partial charge in [-0.1, -0.05) is 49.4 Å². The maximum Gasteiger partial charge on any atom is 0.0352 e. The Morgan fingerprint density at radius 1 is 1.10 bits per heavy atom. The molecular formula is C19H23NS. The van der Waals surface area contributed by atoms with Crippen molar-refractivity contribution in [3.63, 3.8) is 0 Å². The minimum Gasteiger partial charge on any atom is -0.313 e. The zero-order chi connectivity index (χ0) is 14.7. The van der Waals surface area contributed by atoms with Gasteiger partial charge in [-0.05, 0) is 54.3 Å². The van der Waals surface area contributed by atoms with Crippen LogP contribution in [0.25, 0.3) is 0 Å². The van der Waals surface area contributed by atoms with Gasteiger partial charge in [-0.2, -0.15) is 0 Å². The fourth-order valence-electron chi connectivity index (χ4n) is 3.23. The van der Waals surface area contributed by atoms with Gasteiger partial charge in [0.15, 0.2) is 0 Å². The van der Waals surface area contributed by atoms with Crippen LogP contribution in [0, 0.1) is 5.92 Å². The van der Waals surface area contributed by atoms with Crippen molar-refractivity contribution >= 4 is 11.8 Å². The van der Waals surface area contributed by atoms with Gasteiger partial charge in [-0.25, -0.2) is 0 Å². The van der Waals surface area contributed by atoms with Crippen LogP contribution in [0.2, 0.25) is 0 Å². The molecule has 0 radical (unpaired) electrons. The topological polar surface area (TPSA) is 12.0 Å². The molecule has 3 atom stereocenters. The maximum atomic E-state index is 3.52. The first kappa shape index (κ1) is 14.7. The molecule has 1 nitrogen and oxygen atoms in total. The summed E-state index contributed by atoms with van der Waals surface area (Å²) in [7, 11) is 2.08. The lowest BCUT2D eigenvalue weighted by molar-refractivity contribution is 0.517. The van der Waals surface area contributed by atoms with Crippen LogP contribution in [0.4, 0.5) is 0 Å². The average molecular weight is 297 g/mol. The quantitative estimate of drug-likeness (QED) is 0.764. The first-order chi connectivity index (χ1) is 10.3. The van der Waals surface area contributed by atoms with Crippen molar-refractivity contribution in [3.8, 4) is 0 Å². The van der Waals surface area contributed by atoms with Crippen LogP contribution >= 0.6 is 11.8 Å². The zero-order valence-electron chi connectivity index (χ0n) is 12.8. The molecule has 2 aromatic carbocycles. The third kappa shape index (κ3) is 3.33. The summed E-state index contributed by atoms with van der Waals surface area (Å²) in [6, 6.07) is 20.5. The smallest absolute Gasteiger partial charge is 0.0352 e. The molecule has 1 fully saturated rings. The van der Waals surface area contributed by atoms with Gasteiger partial charge < -0.3 is 5.32 Å². The molecule has 0 bridgehead atoms. The minimum absolute atomic E-state index is 0.468. The van der Waals surface area contributed by atoms with Gasteiger partial charge in [0.25, 0.3) is 0 Å². The predicted octanol–water partition coefficient (Wildman–Crippen LogP) is 4.86. The van der Waals surface area contributed by atoms with E-state index in [1.165, 1.54) is 22.4 Å². The molecule has 0 spiro atoms. The minimum atomic E-state index is 0.468. The number of rotatable bonds is 6. The Hall–Kier alpha value is -1.25. The predicted molar refractivity (Wildman–Crippen MR) is 91.9 cm³/mol. The molecule has 0 saturated heterocycles. The van der Waals surface area contributed by atoms with E-state index in [4.69, 9.17) is 0 Å². The highest BCUT2D eigenvalue weighted by atomic mass is 32.2. The summed E-state index contributed by atoms with van der Waals surface area (Å²) < 4.78 is 0. The summed E-state index contributed by atoms with van der Waals surface area (Å²) in [4.78, 5) is 1.37. The Bertz CT molecular complexity index is 564. The number of hydrogen-bond donors (Lipinski definition) is 1. The first-order valence-electron chi connectivity index (χ1n) is 7.78. The normalized spacial score (nSPS) is 22.0. The van der Waals surface area contributed by atoms with Gasteiger partial charge in [-0.3, -0.25) is 0 Å². The summed E-state index contributed by atoms with van der Waals surface area (Å²) in [5.41, 5.74) is 2.90. The molecule has 3 unspecified atom stereocenters. The van der Waals surface area contributed by atoms with E-state index in [0.29, 0.717) is 12.0 Å². The van der Waals surface area contributed by atoms with Crippen molar-refractivity contribution in [3.05, 3.63) is 65.7 Å². The number of hydrogen-bond acceptors (Lipinski definition) is 2. The maximum absolute atomic E-state index is 3.52. The van der Waals surface area contributed by atoms with Crippen LogP contribution in [0.1, 0.15) is 36.4 Å². The Balaban J connectivity index is 1.71. The van der Waals surface area contributed by atoms with Gasteiger partial charge in [0, 0.05) is 10.9 Å². The Labute approximate surface area is 132 Å². The second-order valence-corrected chi connectivity index (χ2v) is 7.02. The third-order valence-electron chi connectivity index (χ3n) is 4.36. The molecule has 2 heteroatoms. The van der Waals surface area contributed by atoms with Gasteiger partial charge in [0.05, 0.1) is 0 Å². The Kier molecular flexibility index (Phi) is 4.67. The van der Waals surface area contributed by atoms with E-state index < -0.39 is 0 Å². The Morgan fingerprint density at radius 3 is 2.43 bits per heavy atom. The molecule has 0 aromatic heterocycles. The lowest BCUT2D eigenvalue weighted by Gasteiger charge is -2.17. The van der Waals surface area contributed by atoms with Gasteiger partial charge in [0.1, 0.15) is 0 Å². The third-order valence-corrected chi connectivity index (χ3v) is 5.25. The molecule has 21 heavy (non-hydrogen) atoms. The van der Waals surface area contributed by atoms with Crippen LogP contribution in [0.3, 0.4) is 0 Å². The van der Waals surface area contributed by atoms with E-state index in [-0.39, 0.29) is 0 Å². The summed E-state index contributed by atoms with van der Waals surface area (Å²) in [6.45, 7) is 2.20. The molecule has 1 N–H and O–H groups in total. The number of nitrogens with one attached hydrogen (secondary N) is 1. The molecule has 1 saturated carbocycles. The molecule has 1 aliphatic rings. The van der Waals surface area contributed by atoms with Crippen LogP contribution < -0.4 is 5.32 Å². The zero-order valence-corrected chi connectivity index (χ0v) is 13.6. The SMILES string of the molecule is CCSc1ccc(C(NC)C2CC2c2ccccc2)cc1. The van der Waals surface area contributed by atoms with Crippen molar-refractivity contribution in [2.24, 2.45) is 5.92 Å². The van der Waals surface area contributed by atoms with Crippen LogP contribution in [-0.4, -0.2) is 12.8 Å². The molecule has 2 aromatic rings. The van der Waals surface area contributed by atoms with E-state index >= 15 is 0 Å². The van der Waals surface area contributed by atoms with Gasteiger partial charge in [0.2, 0.25) is 0 Å². The molecule has 0 amide bonds. The van der Waals surface area contributed by atoms with Crippen LogP contribution in [0.5, 0.6) is 0 Å². The van der Waals surface area contributed by atoms with E-state index in [9.17, 15) is 0 Å². The van der Waals surface area contributed by atoms with E-state index in [0.717, 1.165) is 11.7 Å². The molecule has 110 valence electrons. The van der Waals surface area contributed by atoms with Crippen LogP contribution in [-0.2, 0) is 0 Å². The monoisotopic (exact) mass is 297 g/mol. The Morgan fingerprint density at radius 2 is 1.81 bits per heavy atom. The number of thioether (sulfide) groups is 1. The van der Waals surface area contributed by atoms with Gasteiger partial charge in [-0.15, -0.1) is 11.8 Å². The fourth-order valence-corrected chi connectivity index (χ4v) is 3.89. The van der Waals surface area contributed by atoms with Crippen molar-refractivity contribution in [1.82, 2.24) is 5.32 Å². The first-order valence-corrected chi connectivity index (χ1v) is 8.77. The van der Waals surface area contributed by atoms with Crippen molar-refractivity contribution in [1.29, 1.82) is 0 Å². The highest BCUT2D eigenvalue weighted by Crippen LogP contribution is 2.53. The molecule has 3 rings (SSSR count). The summed E-state index contributed by atoms with van der Waals surface area (Å²) in [5, 5.41) is 3.52. The molecule has 1 aliphatic carbocycles. The fraction of sp³-hybridized carbons (Fsp3) is 0.368. The molecule has 0 heterocycles. The highest BCUT2D eigenvalue weighted by Gasteiger charge is 2.43. The highest BCUT2D eigenvalue weighted by molar-refractivity contribution is 7.99. The lowest BCUT2D eigenvalue weighted by atomic mass is 9.99. The molecular weight excluding hydrogens is 274 g/mol. The number of benzene rings is 2. The summed E-state index contributed by atoms with van der Waals surface area (Å²) in [6.07, 6.45) is 1.29. The standard InChI is InChI=1S/C19H23NS/c1-3-21-16-11-9-15(10-12-16)19(20-2)18-13-17(18)14-7-5-4-6-8-14/h4-12,17-20H,3,13H2,1-2H3. The van der Waals surface area contributed by atoms with Crippen LogP contribution in [0.15, 0.2) is 59.5 Å².